The third-order valence-electron chi connectivity index (χ3n) is 3.17. The summed E-state index contributed by atoms with van der Waals surface area (Å²) in [6.07, 6.45) is 0. The number of carbonyl (C=O) groups excluding carboxylic acids is 1. The van der Waals surface area contributed by atoms with Gasteiger partial charge in [0.2, 0.25) is 0 Å². The number of hydrogen-bond acceptors (Lipinski definition) is 4. The Morgan fingerprint density at radius 3 is 2.70 bits per heavy atom. The van der Waals surface area contributed by atoms with Gasteiger partial charge in [-0.2, -0.15) is 5.10 Å². The minimum Gasteiger partial charge on any atom is -0.343 e. The van der Waals surface area contributed by atoms with Crippen LogP contribution in [-0.4, -0.2) is 26.1 Å². The van der Waals surface area contributed by atoms with Crippen LogP contribution in [0.2, 0.25) is 0 Å². The molecule has 7 heteroatoms. The van der Waals surface area contributed by atoms with Gasteiger partial charge in [-0.05, 0) is 43.3 Å². The van der Waals surface area contributed by atoms with Crippen LogP contribution in [0.15, 0.2) is 42.5 Å². The monoisotopic (exact) mass is 311 g/mol. The molecule has 2 heterocycles. The molecule has 1 aromatic carbocycles. The van der Waals surface area contributed by atoms with Crippen LogP contribution in [-0.2, 0) is 6.54 Å². The smallest absolute Gasteiger partial charge is 0.270 e. The van der Waals surface area contributed by atoms with Gasteiger partial charge < -0.3 is 5.32 Å². The first-order valence-corrected chi connectivity index (χ1v) is 7.01. The fourth-order valence-corrected chi connectivity index (χ4v) is 2.03. The fraction of sp³-hybridized carbons (Fsp3) is 0.125. The first-order chi connectivity index (χ1) is 11.1. The number of H-pyrrole nitrogens is 1. The second kappa shape index (κ2) is 6.35. The summed E-state index contributed by atoms with van der Waals surface area (Å²) >= 11 is 0. The minimum atomic E-state index is -0.317. The number of carbonyl (C=O) groups is 1. The van der Waals surface area contributed by atoms with Crippen LogP contribution in [0, 0.1) is 12.7 Å². The van der Waals surface area contributed by atoms with E-state index in [2.05, 4.69) is 25.5 Å². The molecule has 0 saturated carbocycles. The zero-order valence-corrected chi connectivity index (χ0v) is 12.4. The van der Waals surface area contributed by atoms with Gasteiger partial charge in [0, 0.05) is 11.3 Å². The highest BCUT2D eigenvalue weighted by atomic mass is 19.1. The number of rotatable bonds is 4. The predicted octanol–water partition coefficient (Wildman–Crippen LogP) is 2.24. The van der Waals surface area contributed by atoms with Gasteiger partial charge in [-0.15, -0.1) is 0 Å². The van der Waals surface area contributed by atoms with E-state index in [1.165, 1.54) is 12.1 Å². The lowest BCUT2D eigenvalue weighted by molar-refractivity contribution is 0.0944. The molecular weight excluding hydrogens is 297 g/mol. The maximum atomic E-state index is 12.9. The van der Waals surface area contributed by atoms with Crippen molar-refractivity contribution in [2.24, 2.45) is 0 Å². The maximum Gasteiger partial charge on any atom is 0.270 e. The second-order valence-electron chi connectivity index (χ2n) is 4.96. The summed E-state index contributed by atoms with van der Waals surface area (Å²) < 4.78 is 12.9. The maximum absolute atomic E-state index is 12.9. The van der Waals surface area contributed by atoms with Crippen LogP contribution in [0.1, 0.15) is 22.0 Å². The topological polar surface area (TPSA) is 83.6 Å². The number of aromatic nitrogens is 4. The molecule has 2 N–H and O–H groups in total. The zero-order valence-electron chi connectivity index (χ0n) is 12.4. The van der Waals surface area contributed by atoms with Crippen molar-refractivity contribution in [1.82, 2.24) is 25.5 Å². The summed E-state index contributed by atoms with van der Waals surface area (Å²) in [6, 6.07) is 11.1. The van der Waals surface area contributed by atoms with E-state index >= 15 is 0 Å². The predicted molar refractivity (Wildman–Crippen MR) is 81.9 cm³/mol. The summed E-state index contributed by atoms with van der Waals surface area (Å²) in [5, 5.41) is 9.52. The van der Waals surface area contributed by atoms with E-state index in [1.807, 2.05) is 13.0 Å². The summed E-state index contributed by atoms with van der Waals surface area (Å²) in [7, 11) is 0. The van der Waals surface area contributed by atoms with Crippen LogP contribution >= 0.6 is 0 Å². The number of aryl methyl sites for hydroxylation is 1. The van der Waals surface area contributed by atoms with Gasteiger partial charge in [0.15, 0.2) is 5.82 Å². The average Bonchev–Trinajstić information content (AvgIpc) is 3.02. The van der Waals surface area contributed by atoms with Crippen molar-refractivity contribution in [1.29, 1.82) is 0 Å². The van der Waals surface area contributed by atoms with E-state index in [-0.39, 0.29) is 18.3 Å². The molecule has 3 rings (SSSR count). The second-order valence-corrected chi connectivity index (χ2v) is 4.96. The Balaban J connectivity index is 1.65. The van der Waals surface area contributed by atoms with Crippen LogP contribution in [0.5, 0.6) is 0 Å². The number of halogens is 1. The summed E-state index contributed by atoms with van der Waals surface area (Å²) in [5.41, 5.74) is 1.82. The van der Waals surface area contributed by atoms with E-state index in [0.717, 1.165) is 5.69 Å². The number of amides is 1. The van der Waals surface area contributed by atoms with Crippen LogP contribution in [0.25, 0.3) is 11.4 Å². The molecule has 6 nitrogen and oxygen atoms in total. The summed E-state index contributed by atoms with van der Waals surface area (Å²) in [5.74, 6) is 0.351. The molecule has 116 valence electrons. The van der Waals surface area contributed by atoms with E-state index in [9.17, 15) is 9.18 Å². The first-order valence-electron chi connectivity index (χ1n) is 7.01. The zero-order chi connectivity index (χ0) is 16.2. The molecule has 0 saturated heterocycles. The van der Waals surface area contributed by atoms with Crippen molar-refractivity contribution < 1.29 is 9.18 Å². The van der Waals surface area contributed by atoms with Gasteiger partial charge in [-0.3, -0.25) is 9.89 Å². The lowest BCUT2D eigenvalue weighted by atomic mass is 10.2. The Morgan fingerprint density at radius 1 is 1.17 bits per heavy atom. The van der Waals surface area contributed by atoms with Crippen molar-refractivity contribution in [3.63, 3.8) is 0 Å². The molecule has 3 aromatic rings. The van der Waals surface area contributed by atoms with Crippen LogP contribution < -0.4 is 5.32 Å². The van der Waals surface area contributed by atoms with E-state index in [4.69, 9.17) is 0 Å². The molecule has 0 unspecified atom stereocenters. The molecule has 0 aliphatic rings. The molecule has 0 bridgehead atoms. The molecule has 2 aromatic heterocycles. The molecule has 0 radical (unpaired) electrons. The van der Waals surface area contributed by atoms with Gasteiger partial charge in [0.25, 0.3) is 5.91 Å². The Labute approximate surface area is 131 Å². The molecule has 0 aliphatic heterocycles. The largest absolute Gasteiger partial charge is 0.343 e. The number of aromatic amines is 1. The van der Waals surface area contributed by atoms with Gasteiger partial charge in [0.1, 0.15) is 17.3 Å². The highest BCUT2D eigenvalue weighted by molar-refractivity contribution is 5.92. The number of nitrogens with one attached hydrogen (secondary N) is 2. The standard InChI is InChI=1S/C16H14FN5O/c1-10-3-2-4-13(19-10)16(23)18-9-14-20-15(22-21-14)11-5-7-12(17)8-6-11/h2-8H,9H2,1H3,(H,18,23)(H,20,21,22). The lowest BCUT2D eigenvalue weighted by Gasteiger charge is -2.02. The van der Waals surface area contributed by atoms with Crippen molar-refractivity contribution in [3.05, 3.63) is 65.5 Å². The molecule has 0 aliphatic carbocycles. The molecule has 0 spiro atoms. The van der Waals surface area contributed by atoms with Crippen molar-refractivity contribution in [2.45, 2.75) is 13.5 Å². The lowest BCUT2D eigenvalue weighted by Crippen LogP contribution is -2.24. The Morgan fingerprint density at radius 2 is 1.96 bits per heavy atom. The third kappa shape index (κ3) is 3.57. The number of pyridine rings is 1. The molecule has 23 heavy (non-hydrogen) atoms. The van der Waals surface area contributed by atoms with E-state index in [1.54, 1.807) is 24.3 Å². The van der Waals surface area contributed by atoms with Crippen molar-refractivity contribution in [3.8, 4) is 11.4 Å². The van der Waals surface area contributed by atoms with Crippen molar-refractivity contribution >= 4 is 5.91 Å². The molecule has 0 fully saturated rings. The fourth-order valence-electron chi connectivity index (χ4n) is 2.03. The quantitative estimate of drug-likeness (QED) is 0.774. The van der Waals surface area contributed by atoms with Crippen LogP contribution in [0.3, 0.4) is 0 Å². The summed E-state index contributed by atoms with van der Waals surface area (Å²) in [4.78, 5) is 20.4. The molecular formula is C16H14FN5O. The highest BCUT2D eigenvalue weighted by Crippen LogP contribution is 2.14. The van der Waals surface area contributed by atoms with Gasteiger partial charge in [0.05, 0.1) is 6.54 Å². The SMILES string of the molecule is Cc1cccc(C(=O)NCc2nc(-c3ccc(F)cc3)n[nH]2)n1. The van der Waals surface area contributed by atoms with Crippen LogP contribution in [0.4, 0.5) is 4.39 Å². The minimum absolute atomic E-state index is 0.197. The highest BCUT2D eigenvalue weighted by Gasteiger charge is 2.10. The van der Waals surface area contributed by atoms with Crippen molar-refractivity contribution in [2.75, 3.05) is 0 Å². The Hall–Kier alpha value is -3.09. The summed E-state index contributed by atoms with van der Waals surface area (Å²) in [6.45, 7) is 2.02. The number of hydrogen-bond donors (Lipinski definition) is 2. The number of benzene rings is 1. The third-order valence-corrected chi connectivity index (χ3v) is 3.17. The van der Waals surface area contributed by atoms with Gasteiger partial charge in [-0.1, -0.05) is 6.07 Å². The molecule has 1 amide bonds. The van der Waals surface area contributed by atoms with Gasteiger partial charge in [-0.25, -0.2) is 14.4 Å². The Bertz CT molecular complexity index is 828. The van der Waals surface area contributed by atoms with E-state index < -0.39 is 0 Å². The molecule has 0 atom stereocenters. The first kappa shape index (κ1) is 14.8. The Kier molecular flexibility index (Phi) is 4.09. The van der Waals surface area contributed by atoms with Gasteiger partial charge >= 0.3 is 0 Å². The average molecular weight is 311 g/mol. The van der Waals surface area contributed by atoms with E-state index in [0.29, 0.717) is 22.9 Å². The number of nitrogens with zero attached hydrogens (tertiary/aromatic N) is 3. The normalized spacial score (nSPS) is 10.5.